The molecule has 0 unspecified atom stereocenters. The summed E-state index contributed by atoms with van der Waals surface area (Å²) in [4.78, 5) is 10.8. The van der Waals surface area contributed by atoms with Gasteiger partial charge in [0.05, 0.1) is 6.04 Å². The highest BCUT2D eigenvalue weighted by Crippen LogP contribution is 2.32. The van der Waals surface area contributed by atoms with E-state index in [1.165, 1.54) is 51.4 Å². The third-order valence-corrected chi connectivity index (χ3v) is 5.70. The van der Waals surface area contributed by atoms with Gasteiger partial charge >= 0.3 is 0 Å². The van der Waals surface area contributed by atoms with E-state index in [-0.39, 0.29) is 18.9 Å². The van der Waals surface area contributed by atoms with Crippen molar-refractivity contribution >= 4 is 0 Å². The Bertz CT molecular complexity index is 526. The molecule has 0 radical (unpaired) electrons. The molecule has 2 heterocycles. The number of alkyl halides is 2. The van der Waals surface area contributed by atoms with Gasteiger partial charge in [0.25, 0.3) is 5.92 Å². The minimum Gasteiger partial charge on any atom is -0.315 e. The van der Waals surface area contributed by atoms with Crippen LogP contribution in [0.1, 0.15) is 88.6 Å². The Morgan fingerprint density at radius 1 is 1.00 bits per heavy atom. The molecule has 0 aromatic carbocycles. The molecular formula is C22H38F2N4. The number of piperidine rings is 1. The van der Waals surface area contributed by atoms with Gasteiger partial charge in [-0.1, -0.05) is 51.9 Å². The number of nitrogens with zero attached hydrogens (tertiary/aromatic N) is 3. The zero-order valence-electron chi connectivity index (χ0n) is 17.7. The standard InChI is InChI=1S/C22H38F2N4/c1-3-4-5-6-7-8-9-10-13-25-18-21(20-16-26-19(2)27-17-20)28-14-11-22(23,24)12-15-28/h16-17,21,25H,3-15,18H2,1-2H3/t21-/m0/s1. The van der Waals surface area contributed by atoms with Gasteiger partial charge in [-0.2, -0.15) is 0 Å². The zero-order chi connectivity index (χ0) is 20.2. The normalized spacial score (nSPS) is 18.3. The second kappa shape index (κ2) is 12.4. The van der Waals surface area contributed by atoms with Crippen molar-refractivity contribution in [3.05, 3.63) is 23.8 Å². The molecule has 28 heavy (non-hydrogen) atoms. The molecule has 1 atom stereocenters. The van der Waals surface area contributed by atoms with Crippen molar-refractivity contribution in [3.63, 3.8) is 0 Å². The second-order valence-corrected chi connectivity index (χ2v) is 8.15. The Kier molecular flexibility index (Phi) is 10.3. The Morgan fingerprint density at radius 2 is 1.57 bits per heavy atom. The number of nitrogens with one attached hydrogen (secondary N) is 1. The lowest BCUT2D eigenvalue weighted by atomic mass is 10.0. The molecule has 0 spiro atoms. The van der Waals surface area contributed by atoms with Crippen molar-refractivity contribution < 1.29 is 8.78 Å². The van der Waals surface area contributed by atoms with Crippen LogP contribution >= 0.6 is 0 Å². The third kappa shape index (κ3) is 8.48. The average Bonchev–Trinajstić information content (AvgIpc) is 2.68. The summed E-state index contributed by atoms with van der Waals surface area (Å²) in [5.74, 6) is -1.78. The van der Waals surface area contributed by atoms with Crippen molar-refractivity contribution in [2.75, 3.05) is 26.2 Å². The molecule has 0 saturated carbocycles. The average molecular weight is 397 g/mol. The van der Waals surface area contributed by atoms with E-state index in [9.17, 15) is 8.78 Å². The number of halogens is 2. The molecule has 1 fully saturated rings. The second-order valence-electron chi connectivity index (χ2n) is 8.15. The molecule has 0 amide bonds. The minimum absolute atomic E-state index is 0.0609. The Balaban J connectivity index is 1.73. The molecule has 4 nitrogen and oxygen atoms in total. The lowest BCUT2D eigenvalue weighted by molar-refractivity contribution is -0.0633. The lowest BCUT2D eigenvalue weighted by Crippen LogP contribution is -2.44. The molecule has 6 heteroatoms. The van der Waals surface area contributed by atoms with Gasteiger partial charge in [-0.15, -0.1) is 0 Å². The molecule has 1 aliphatic rings. The molecule has 1 aliphatic heterocycles. The predicted octanol–water partition coefficient (Wildman–Crippen LogP) is 5.29. The van der Waals surface area contributed by atoms with Crippen molar-refractivity contribution in [2.45, 2.75) is 90.0 Å². The number of unbranched alkanes of at least 4 members (excludes halogenated alkanes) is 7. The maximum absolute atomic E-state index is 13.6. The van der Waals surface area contributed by atoms with Gasteiger partial charge < -0.3 is 5.32 Å². The maximum Gasteiger partial charge on any atom is 0.250 e. The summed E-state index contributed by atoms with van der Waals surface area (Å²) < 4.78 is 27.1. The topological polar surface area (TPSA) is 41.1 Å². The van der Waals surface area contributed by atoms with Gasteiger partial charge in [-0.3, -0.25) is 4.90 Å². The molecule has 160 valence electrons. The van der Waals surface area contributed by atoms with Gasteiger partial charge in [0.2, 0.25) is 0 Å². The van der Waals surface area contributed by atoms with Crippen LogP contribution in [0, 0.1) is 6.92 Å². The zero-order valence-corrected chi connectivity index (χ0v) is 17.7. The van der Waals surface area contributed by atoms with Gasteiger partial charge in [0.1, 0.15) is 5.82 Å². The summed E-state index contributed by atoms with van der Waals surface area (Å²) in [6.45, 7) is 6.68. The van der Waals surface area contributed by atoms with Crippen LogP contribution in [0.2, 0.25) is 0 Å². The first-order chi connectivity index (χ1) is 13.5. The largest absolute Gasteiger partial charge is 0.315 e. The first-order valence-electron chi connectivity index (χ1n) is 11.1. The van der Waals surface area contributed by atoms with E-state index >= 15 is 0 Å². The van der Waals surface area contributed by atoms with E-state index in [0.29, 0.717) is 13.1 Å². The summed E-state index contributed by atoms with van der Waals surface area (Å²) in [5, 5.41) is 3.54. The van der Waals surface area contributed by atoms with Crippen LogP contribution < -0.4 is 5.32 Å². The highest BCUT2D eigenvalue weighted by Gasteiger charge is 2.36. The summed E-state index contributed by atoms with van der Waals surface area (Å²) >= 11 is 0. The van der Waals surface area contributed by atoms with Crippen molar-refractivity contribution in [1.82, 2.24) is 20.2 Å². The number of aromatic nitrogens is 2. The van der Waals surface area contributed by atoms with Gasteiger partial charge in [-0.05, 0) is 19.9 Å². The number of likely N-dealkylation sites (tertiary alicyclic amines) is 1. The molecule has 1 saturated heterocycles. The fourth-order valence-electron chi connectivity index (χ4n) is 3.82. The monoisotopic (exact) mass is 396 g/mol. The Hall–Kier alpha value is -1.14. The fraction of sp³-hybridized carbons (Fsp3) is 0.818. The molecule has 2 rings (SSSR count). The Labute approximate surface area is 169 Å². The van der Waals surface area contributed by atoms with Gasteiger partial charge in [0.15, 0.2) is 0 Å². The van der Waals surface area contributed by atoms with E-state index in [0.717, 1.165) is 24.5 Å². The minimum atomic E-state index is -2.52. The molecule has 0 bridgehead atoms. The molecule has 1 aromatic heterocycles. The molecule has 1 aromatic rings. The molecule has 1 N–H and O–H groups in total. The van der Waals surface area contributed by atoms with E-state index in [1.807, 2.05) is 19.3 Å². The number of rotatable bonds is 13. The number of hydrogen-bond donors (Lipinski definition) is 1. The van der Waals surface area contributed by atoms with Gasteiger partial charge in [0, 0.05) is 50.4 Å². The first-order valence-corrected chi connectivity index (χ1v) is 11.1. The van der Waals surface area contributed by atoms with Crippen LogP contribution in [0.4, 0.5) is 8.78 Å². The number of aryl methyl sites for hydroxylation is 1. The van der Waals surface area contributed by atoms with Crippen LogP contribution in [-0.2, 0) is 0 Å². The van der Waals surface area contributed by atoms with Crippen LogP contribution in [0.3, 0.4) is 0 Å². The van der Waals surface area contributed by atoms with E-state index in [4.69, 9.17) is 0 Å². The smallest absolute Gasteiger partial charge is 0.250 e. The third-order valence-electron chi connectivity index (χ3n) is 5.70. The van der Waals surface area contributed by atoms with Crippen molar-refractivity contribution in [3.8, 4) is 0 Å². The molecular weight excluding hydrogens is 358 g/mol. The Morgan fingerprint density at radius 3 is 2.18 bits per heavy atom. The number of hydrogen-bond acceptors (Lipinski definition) is 4. The van der Waals surface area contributed by atoms with Crippen LogP contribution in [0.5, 0.6) is 0 Å². The van der Waals surface area contributed by atoms with Crippen molar-refractivity contribution in [1.29, 1.82) is 0 Å². The van der Waals surface area contributed by atoms with E-state index in [2.05, 4.69) is 27.1 Å². The quantitative estimate of drug-likeness (QED) is 0.460. The highest BCUT2D eigenvalue weighted by atomic mass is 19.3. The van der Waals surface area contributed by atoms with E-state index in [1.54, 1.807) is 0 Å². The summed E-state index contributed by atoms with van der Waals surface area (Å²) in [7, 11) is 0. The SMILES string of the molecule is CCCCCCCCCCNC[C@@H](c1cnc(C)nc1)N1CCC(F)(F)CC1. The fourth-order valence-corrected chi connectivity index (χ4v) is 3.82. The summed E-state index contributed by atoms with van der Waals surface area (Å²) in [5.41, 5.74) is 1.01. The summed E-state index contributed by atoms with van der Waals surface area (Å²) in [6.07, 6.45) is 14.0. The summed E-state index contributed by atoms with van der Waals surface area (Å²) in [6, 6.07) is 0.0609. The predicted molar refractivity (Wildman–Crippen MR) is 111 cm³/mol. The highest BCUT2D eigenvalue weighted by molar-refractivity contribution is 5.12. The molecule has 0 aliphatic carbocycles. The van der Waals surface area contributed by atoms with Crippen LogP contribution in [0.15, 0.2) is 12.4 Å². The maximum atomic E-state index is 13.6. The van der Waals surface area contributed by atoms with Gasteiger partial charge in [-0.25, -0.2) is 18.7 Å². The van der Waals surface area contributed by atoms with Crippen LogP contribution in [-0.4, -0.2) is 47.0 Å². The van der Waals surface area contributed by atoms with E-state index < -0.39 is 5.92 Å². The van der Waals surface area contributed by atoms with Crippen LogP contribution in [0.25, 0.3) is 0 Å². The first kappa shape index (κ1) is 23.1. The van der Waals surface area contributed by atoms with Crippen molar-refractivity contribution in [2.24, 2.45) is 0 Å². The lowest BCUT2D eigenvalue weighted by Gasteiger charge is -2.37.